The molecule has 2 heterocycles. The van der Waals surface area contributed by atoms with E-state index in [0.29, 0.717) is 25.1 Å². The maximum Gasteiger partial charge on any atom is 0.311 e. The normalized spacial score (nSPS) is 22.6. The number of ether oxygens (including phenoxy) is 1. The number of benzene rings is 1. The van der Waals surface area contributed by atoms with Crippen molar-refractivity contribution in [3.8, 4) is 0 Å². The number of hydrogen-bond acceptors (Lipinski definition) is 5. The molecule has 0 bridgehead atoms. The molecule has 0 spiro atoms. The number of hydrogen-bond donors (Lipinski definition) is 0. The van der Waals surface area contributed by atoms with Crippen LogP contribution in [-0.4, -0.2) is 54.2 Å². The molecule has 1 aromatic rings. The molecule has 1 aromatic carbocycles. The average Bonchev–Trinajstić information content (AvgIpc) is 3.47. The number of rotatable bonds is 6. The predicted molar refractivity (Wildman–Crippen MR) is 105 cm³/mol. The van der Waals surface area contributed by atoms with E-state index in [0.717, 1.165) is 37.8 Å². The summed E-state index contributed by atoms with van der Waals surface area (Å²) in [7, 11) is 0. The van der Waals surface area contributed by atoms with Gasteiger partial charge in [-0.3, -0.25) is 19.2 Å². The van der Waals surface area contributed by atoms with Crippen molar-refractivity contribution in [2.24, 2.45) is 5.92 Å². The number of Topliss-reactive ketones (excluding diaryl/α,β-unsaturated/α-hetero) is 1. The van der Waals surface area contributed by atoms with Crippen LogP contribution in [0, 0.1) is 5.92 Å². The van der Waals surface area contributed by atoms with Crippen LogP contribution in [0.5, 0.6) is 0 Å². The molecule has 2 aliphatic heterocycles. The number of nitrogens with zero attached hydrogens (tertiary/aromatic N) is 2. The van der Waals surface area contributed by atoms with Gasteiger partial charge in [-0.15, -0.1) is 0 Å². The zero-order chi connectivity index (χ0) is 20.4. The summed E-state index contributed by atoms with van der Waals surface area (Å²) in [5.74, 6) is -1.16. The first-order valence-electron chi connectivity index (χ1n) is 10.4. The molecule has 1 atom stereocenters. The average molecular weight is 398 g/mol. The van der Waals surface area contributed by atoms with E-state index in [4.69, 9.17) is 4.74 Å². The van der Waals surface area contributed by atoms with Crippen molar-refractivity contribution in [1.29, 1.82) is 0 Å². The van der Waals surface area contributed by atoms with E-state index in [9.17, 15) is 19.2 Å². The Morgan fingerprint density at radius 3 is 2.38 bits per heavy atom. The number of ketones is 1. The zero-order valence-corrected chi connectivity index (χ0v) is 16.5. The van der Waals surface area contributed by atoms with Gasteiger partial charge in [0.15, 0.2) is 12.4 Å². The van der Waals surface area contributed by atoms with Crippen LogP contribution in [0.1, 0.15) is 55.3 Å². The number of carbonyl (C=O) groups is 4. The quantitative estimate of drug-likeness (QED) is 0.542. The van der Waals surface area contributed by atoms with Crippen LogP contribution in [-0.2, 0) is 19.1 Å². The number of amides is 2. The minimum atomic E-state index is -0.487. The molecule has 2 saturated heterocycles. The van der Waals surface area contributed by atoms with Gasteiger partial charge in [0.05, 0.1) is 5.92 Å². The van der Waals surface area contributed by atoms with Crippen molar-refractivity contribution in [1.82, 2.24) is 4.90 Å². The van der Waals surface area contributed by atoms with Crippen molar-refractivity contribution in [3.05, 3.63) is 29.8 Å². The second kappa shape index (κ2) is 8.35. The summed E-state index contributed by atoms with van der Waals surface area (Å²) in [5, 5.41) is 0. The highest BCUT2D eigenvalue weighted by molar-refractivity contribution is 6.00. The monoisotopic (exact) mass is 398 g/mol. The lowest BCUT2D eigenvalue weighted by Gasteiger charge is -2.23. The maximum absolute atomic E-state index is 12.4. The van der Waals surface area contributed by atoms with E-state index in [1.54, 1.807) is 29.2 Å². The minimum absolute atomic E-state index is 0.0113. The first-order valence-corrected chi connectivity index (χ1v) is 10.4. The van der Waals surface area contributed by atoms with Gasteiger partial charge in [-0.25, -0.2) is 0 Å². The summed E-state index contributed by atoms with van der Waals surface area (Å²) < 4.78 is 5.22. The summed E-state index contributed by atoms with van der Waals surface area (Å²) in [4.78, 5) is 52.3. The fraction of sp³-hybridized carbons (Fsp3) is 0.545. The Labute approximate surface area is 170 Å². The third-order valence-electron chi connectivity index (χ3n) is 6.18. The molecule has 0 radical (unpaired) electrons. The van der Waals surface area contributed by atoms with Gasteiger partial charge in [0.2, 0.25) is 11.8 Å². The van der Waals surface area contributed by atoms with Crippen LogP contribution in [0.15, 0.2) is 24.3 Å². The molecule has 0 unspecified atom stereocenters. The molecular weight excluding hydrogens is 372 g/mol. The third-order valence-corrected chi connectivity index (χ3v) is 6.18. The Balaban J connectivity index is 1.28. The highest BCUT2D eigenvalue weighted by Gasteiger charge is 2.39. The second-order valence-electron chi connectivity index (χ2n) is 8.11. The van der Waals surface area contributed by atoms with Crippen molar-refractivity contribution >= 4 is 29.3 Å². The van der Waals surface area contributed by atoms with Gasteiger partial charge >= 0.3 is 5.97 Å². The first kappa shape index (κ1) is 19.6. The van der Waals surface area contributed by atoms with Crippen molar-refractivity contribution in [3.63, 3.8) is 0 Å². The van der Waals surface area contributed by atoms with E-state index >= 15 is 0 Å². The van der Waals surface area contributed by atoms with E-state index in [-0.39, 0.29) is 36.7 Å². The summed E-state index contributed by atoms with van der Waals surface area (Å²) in [6, 6.07) is 7.04. The highest BCUT2D eigenvalue weighted by atomic mass is 16.5. The van der Waals surface area contributed by atoms with Crippen LogP contribution in [0.25, 0.3) is 0 Å². The summed E-state index contributed by atoms with van der Waals surface area (Å²) >= 11 is 0. The molecule has 2 amide bonds. The molecule has 29 heavy (non-hydrogen) atoms. The van der Waals surface area contributed by atoms with Gasteiger partial charge in [-0.2, -0.15) is 0 Å². The summed E-state index contributed by atoms with van der Waals surface area (Å²) in [5.41, 5.74) is 1.21. The smallest absolute Gasteiger partial charge is 0.311 e. The van der Waals surface area contributed by atoms with Gasteiger partial charge in [0.1, 0.15) is 0 Å². The van der Waals surface area contributed by atoms with Crippen molar-refractivity contribution < 1.29 is 23.9 Å². The number of likely N-dealkylation sites (tertiary alicyclic amines) is 1. The van der Waals surface area contributed by atoms with Crippen LogP contribution in [0.3, 0.4) is 0 Å². The maximum atomic E-state index is 12.4. The largest absolute Gasteiger partial charge is 0.457 e. The Bertz CT molecular complexity index is 813. The van der Waals surface area contributed by atoms with Crippen molar-refractivity contribution in [2.75, 3.05) is 24.6 Å². The third kappa shape index (κ3) is 4.18. The number of carbonyl (C=O) groups excluding carboxylic acids is 4. The Morgan fingerprint density at radius 2 is 1.72 bits per heavy atom. The molecule has 3 fully saturated rings. The first-order chi connectivity index (χ1) is 14.0. The topological polar surface area (TPSA) is 84.0 Å². The lowest BCUT2D eigenvalue weighted by atomic mass is 10.1. The molecule has 0 aromatic heterocycles. The van der Waals surface area contributed by atoms with E-state index < -0.39 is 11.9 Å². The second-order valence-corrected chi connectivity index (χ2v) is 8.11. The SMILES string of the molecule is O=C(COC(=O)[C@H]1CC(=O)N(C2CCCC2)C1)c1ccc(N2CCCC2=O)cc1. The van der Waals surface area contributed by atoms with Crippen LogP contribution in [0.4, 0.5) is 5.69 Å². The molecule has 1 saturated carbocycles. The van der Waals surface area contributed by atoms with E-state index in [2.05, 4.69) is 0 Å². The molecule has 0 N–H and O–H groups in total. The summed E-state index contributed by atoms with van der Waals surface area (Å²) in [6.45, 7) is 0.756. The molecule has 7 nitrogen and oxygen atoms in total. The fourth-order valence-electron chi connectivity index (χ4n) is 4.54. The Hall–Kier alpha value is -2.70. The van der Waals surface area contributed by atoms with Gasteiger partial charge in [-0.1, -0.05) is 12.8 Å². The number of esters is 1. The lowest BCUT2D eigenvalue weighted by Crippen LogP contribution is -2.35. The Kier molecular flexibility index (Phi) is 5.65. The van der Waals surface area contributed by atoms with Crippen LogP contribution >= 0.6 is 0 Å². The lowest BCUT2D eigenvalue weighted by molar-refractivity contribution is -0.147. The van der Waals surface area contributed by atoms with Crippen LogP contribution < -0.4 is 4.90 Å². The molecule has 7 heteroatoms. The van der Waals surface area contributed by atoms with Gasteiger partial charge in [0, 0.05) is 43.2 Å². The number of anilines is 1. The van der Waals surface area contributed by atoms with E-state index in [1.807, 2.05) is 4.90 Å². The molecule has 1 aliphatic carbocycles. The van der Waals surface area contributed by atoms with E-state index in [1.165, 1.54) is 0 Å². The standard InChI is InChI=1S/C22H26N2O5/c25-19(15-7-9-18(10-8-15)23-11-3-6-20(23)26)14-29-22(28)16-12-21(27)24(13-16)17-4-1-2-5-17/h7-10,16-17H,1-6,11-14H2/t16-/m0/s1. The predicted octanol–water partition coefficient (Wildman–Crippen LogP) is 2.33. The van der Waals surface area contributed by atoms with Crippen molar-refractivity contribution in [2.45, 2.75) is 51.0 Å². The summed E-state index contributed by atoms with van der Waals surface area (Å²) in [6.07, 6.45) is 5.83. The van der Waals surface area contributed by atoms with Gasteiger partial charge in [-0.05, 0) is 43.5 Å². The fourth-order valence-corrected chi connectivity index (χ4v) is 4.54. The molecule has 154 valence electrons. The minimum Gasteiger partial charge on any atom is -0.457 e. The van der Waals surface area contributed by atoms with Gasteiger partial charge in [0.25, 0.3) is 0 Å². The van der Waals surface area contributed by atoms with Gasteiger partial charge < -0.3 is 14.5 Å². The zero-order valence-electron chi connectivity index (χ0n) is 16.5. The van der Waals surface area contributed by atoms with Crippen LogP contribution in [0.2, 0.25) is 0 Å². The Morgan fingerprint density at radius 1 is 1.00 bits per heavy atom. The molecule has 3 aliphatic rings. The molecule has 4 rings (SSSR count). The highest BCUT2D eigenvalue weighted by Crippen LogP contribution is 2.30. The molecular formula is C22H26N2O5.